The second-order valence-electron chi connectivity index (χ2n) is 3.19. The number of allylic oxidation sites excluding steroid dienone is 4. The molecule has 0 aromatic heterocycles. The highest BCUT2D eigenvalue weighted by Crippen LogP contribution is 2.02. The molecule has 1 heteroatoms. The molecule has 1 N–H and O–H groups in total. The molecule has 13 heavy (non-hydrogen) atoms. The summed E-state index contributed by atoms with van der Waals surface area (Å²) in [4.78, 5) is 0. The molecule has 0 bridgehead atoms. The van der Waals surface area contributed by atoms with Gasteiger partial charge in [-0.2, -0.15) is 0 Å². The van der Waals surface area contributed by atoms with E-state index in [4.69, 9.17) is 5.11 Å². The number of hydrogen-bond acceptors (Lipinski definition) is 1. The number of hydrogen-bond donors (Lipinski definition) is 1. The molecule has 0 aromatic carbocycles. The zero-order chi connectivity index (χ0) is 9.78. The maximum atomic E-state index is 8.52. The zero-order valence-electron chi connectivity index (χ0n) is 8.71. The molecule has 0 aliphatic carbocycles. The highest BCUT2D eigenvalue weighted by atomic mass is 16.2. The van der Waals surface area contributed by atoms with Crippen molar-refractivity contribution in [1.82, 2.24) is 0 Å². The molecule has 76 valence electrons. The van der Waals surface area contributed by atoms with Crippen molar-refractivity contribution in [2.75, 3.05) is 6.61 Å². The fourth-order valence-electron chi connectivity index (χ4n) is 1.14. The second kappa shape index (κ2) is 11.4. The Kier molecular flexibility index (Phi) is 10.9. The summed E-state index contributed by atoms with van der Waals surface area (Å²) in [6, 6.07) is 0. The largest absolute Gasteiger partial charge is 0.396 e. The summed E-state index contributed by atoms with van der Waals surface area (Å²) in [7, 11) is 0. The van der Waals surface area contributed by atoms with E-state index in [0.29, 0.717) is 6.61 Å². The van der Waals surface area contributed by atoms with E-state index >= 15 is 0 Å². The summed E-state index contributed by atoms with van der Waals surface area (Å²) >= 11 is 0. The Bertz CT molecular complexity index is 136. The van der Waals surface area contributed by atoms with E-state index in [1.54, 1.807) is 0 Å². The Balaban J connectivity index is 3.01. The van der Waals surface area contributed by atoms with E-state index in [1.807, 2.05) is 0 Å². The van der Waals surface area contributed by atoms with Crippen LogP contribution in [0.3, 0.4) is 0 Å². The van der Waals surface area contributed by atoms with Gasteiger partial charge in [0.05, 0.1) is 0 Å². The van der Waals surface area contributed by atoms with Crippen molar-refractivity contribution in [2.45, 2.75) is 45.4 Å². The van der Waals surface area contributed by atoms with Crippen molar-refractivity contribution in [3.05, 3.63) is 24.3 Å². The molecule has 0 fully saturated rings. The van der Waals surface area contributed by atoms with E-state index in [2.05, 4.69) is 31.2 Å². The van der Waals surface area contributed by atoms with Crippen LogP contribution in [0.25, 0.3) is 0 Å². The van der Waals surface area contributed by atoms with Gasteiger partial charge in [-0.25, -0.2) is 0 Å². The molecule has 0 aliphatic heterocycles. The summed E-state index contributed by atoms with van der Waals surface area (Å²) in [6.45, 7) is 2.38. The van der Waals surface area contributed by atoms with Gasteiger partial charge in [0.2, 0.25) is 0 Å². The normalized spacial score (nSPS) is 11.8. The van der Waals surface area contributed by atoms with Gasteiger partial charge in [-0.15, -0.1) is 0 Å². The molecule has 0 radical (unpaired) electrons. The Labute approximate surface area is 82.2 Å². The van der Waals surface area contributed by atoms with Crippen LogP contribution in [0.1, 0.15) is 45.4 Å². The summed E-state index contributed by atoms with van der Waals surface area (Å²) in [5.41, 5.74) is 0. The van der Waals surface area contributed by atoms with Crippen LogP contribution in [0.5, 0.6) is 0 Å². The van der Waals surface area contributed by atoms with Crippen molar-refractivity contribution >= 4 is 0 Å². The van der Waals surface area contributed by atoms with Crippen LogP contribution in [-0.4, -0.2) is 11.7 Å². The van der Waals surface area contributed by atoms with Gasteiger partial charge in [-0.3, -0.25) is 0 Å². The van der Waals surface area contributed by atoms with Crippen LogP contribution in [0, 0.1) is 0 Å². The highest BCUT2D eigenvalue weighted by molar-refractivity contribution is 4.82. The second-order valence-corrected chi connectivity index (χ2v) is 3.19. The predicted molar refractivity (Wildman–Crippen MR) is 58.7 cm³/mol. The smallest absolute Gasteiger partial charge is 0.0433 e. The molecule has 0 heterocycles. The third-order valence-electron chi connectivity index (χ3n) is 1.92. The van der Waals surface area contributed by atoms with Crippen LogP contribution in [0.4, 0.5) is 0 Å². The Morgan fingerprint density at radius 3 is 1.92 bits per heavy atom. The average Bonchev–Trinajstić information content (AvgIpc) is 2.16. The number of aliphatic hydroxyl groups excluding tert-OH is 1. The van der Waals surface area contributed by atoms with Gasteiger partial charge in [0.15, 0.2) is 0 Å². The molecule has 0 spiro atoms. The Morgan fingerprint density at radius 2 is 1.38 bits per heavy atom. The minimum atomic E-state index is 0.311. The molecular weight excluding hydrogens is 160 g/mol. The Hall–Kier alpha value is -0.560. The van der Waals surface area contributed by atoms with Gasteiger partial charge in [0.1, 0.15) is 0 Å². The fraction of sp³-hybridized carbons (Fsp3) is 0.667. The molecule has 0 aliphatic rings. The van der Waals surface area contributed by atoms with Gasteiger partial charge in [0, 0.05) is 6.61 Å². The van der Waals surface area contributed by atoms with E-state index in [9.17, 15) is 0 Å². The summed E-state index contributed by atoms with van der Waals surface area (Å²) < 4.78 is 0. The summed E-state index contributed by atoms with van der Waals surface area (Å²) in [5, 5.41) is 8.52. The van der Waals surface area contributed by atoms with Crippen LogP contribution in [-0.2, 0) is 0 Å². The lowest BCUT2D eigenvalue weighted by Crippen LogP contribution is -1.78. The molecule has 0 aromatic rings. The van der Waals surface area contributed by atoms with E-state index in [1.165, 1.54) is 25.7 Å². The number of unbranched alkanes of at least 4 members (excludes halogenated alkanes) is 4. The van der Waals surface area contributed by atoms with Crippen LogP contribution < -0.4 is 0 Å². The lowest BCUT2D eigenvalue weighted by Gasteiger charge is -1.92. The molecule has 0 saturated heterocycles. The van der Waals surface area contributed by atoms with Crippen molar-refractivity contribution in [2.24, 2.45) is 0 Å². The van der Waals surface area contributed by atoms with Crippen molar-refractivity contribution < 1.29 is 5.11 Å². The zero-order valence-corrected chi connectivity index (χ0v) is 8.71. The SMILES string of the molecule is CC=CCCCCC=CCCCO. The van der Waals surface area contributed by atoms with Gasteiger partial charge < -0.3 is 5.11 Å². The predicted octanol–water partition coefficient (Wildman–Crippen LogP) is 3.45. The topological polar surface area (TPSA) is 20.2 Å². The van der Waals surface area contributed by atoms with E-state index in [-0.39, 0.29) is 0 Å². The average molecular weight is 182 g/mol. The first kappa shape index (κ1) is 12.4. The summed E-state index contributed by atoms with van der Waals surface area (Å²) in [6.07, 6.45) is 15.6. The molecule has 0 atom stereocenters. The van der Waals surface area contributed by atoms with Gasteiger partial charge >= 0.3 is 0 Å². The maximum Gasteiger partial charge on any atom is 0.0433 e. The fourth-order valence-corrected chi connectivity index (χ4v) is 1.14. The highest BCUT2D eigenvalue weighted by Gasteiger charge is 1.83. The summed E-state index contributed by atoms with van der Waals surface area (Å²) in [5.74, 6) is 0. The number of aliphatic hydroxyl groups is 1. The van der Waals surface area contributed by atoms with Gasteiger partial charge in [-0.1, -0.05) is 24.3 Å². The number of rotatable bonds is 8. The molecule has 0 amide bonds. The standard InChI is InChI=1S/C12H22O/c1-2-3-4-5-6-7-8-9-10-11-12-13/h2-3,8-9,13H,4-7,10-12H2,1H3. The first-order valence-corrected chi connectivity index (χ1v) is 5.28. The third kappa shape index (κ3) is 11.4. The van der Waals surface area contributed by atoms with E-state index in [0.717, 1.165) is 12.8 Å². The van der Waals surface area contributed by atoms with Crippen molar-refractivity contribution in [3.8, 4) is 0 Å². The molecule has 0 saturated carbocycles. The molecule has 0 rings (SSSR count). The van der Waals surface area contributed by atoms with Crippen molar-refractivity contribution in [1.29, 1.82) is 0 Å². The molecule has 1 nitrogen and oxygen atoms in total. The quantitative estimate of drug-likeness (QED) is 0.450. The minimum Gasteiger partial charge on any atom is -0.396 e. The van der Waals surface area contributed by atoms with E-state index < -0.39 is 0 Å². The van der Waals surface area contributed by atoms with Crippen LogP contribution in [0.15, 0.2) is 24.3 Å². The van der Waals surface area contributed by atoms with Crippen LogP contribution in [0.2, 0.25) is 0 Å². The van der Waals surface area contributed by atoms with Crippen LogP contribution >= 0.6 is 0 Å². The van der Waals surface area contributed by atoms with Gasteiger partial charge in [-0.05, 0) is 45.4 Å². The first-order valence-electron chi connectivity index (χ1n) is 5.28. The van der Waals surface area contributed by atoms with Crippen molar-refractivity contribution in [3.63, 3.8) is 0 Å². The molecular formula is C12H22O. The third-order valence-corrected chi connectivity index (χ3v) is 1.92. The monoisotopic (exact) mass is 182 g/mol. The van der Waals surface area contributed by atoms with Gasteiger partial charge in [0.25, 0.3) is 0 Å². The lowest BCUT2D eigenvalue weighted by molar-refractivity contribution is 0.289. The lowest BCUT2D eigenvalue weighted by atomic mass is 10.1. The maximum absolute atomic E-state index is 8.52. The minimum absolute atomic E-state index is 0.311. The molecule has 0 unspecified atom stereocenters. The first-order chi connectivity index (χ1) is 6.41. The Morgan fingerprint density at radius 1 is 0.846 bits per heavy atom.